The molecule has 4 rings (SSSR count). The van der Waals surface area contributed by atoms with Crippen molar-refractivity contribution in [1.29, 1.82) is 0 Å². The van der Waals surface area contributed by atoms with Gasteiger partial charge in [-0.3, -0.25) is 4.90 Å². The van der Waals surface area contributed by atoms with Crippen molar-refractivity contribution in [2.75, 3.05) is 39.3 Å². The summed E-state index contributed by atoms with van der Waals surface area (Å²) in [5.41, 5.74) is 0.0964. The molecule has 3 saturated heterocycles. The molecule has 3 fully saturated rings. The number of ether oxygens (including phenoxy) is 1. The largest absolute Gasteiger partial charge is 0.392 e. The summed E-state index contributed by atoms with van der Waals surface area (Å²) >= 11 is 0. The van der Waals surface area contributed by atoms with Gasteiger partial charge in [-0.25, -0.2) is 13.4 Å². The summed E-state index contributed by atoms with van der Waals surface area (Å²) in [6.07, 6.45) is 5.00. The second kappa shape index (κ2) is 7.16. The summed E-state index contributed by atoms with van der Waals surface area (Å²) in [7, 11) is -3.50. The minimum Gasteiger partial charge on any atom is -0.392 e. The Morgan fingerprint density at radius 1 is 1.27 bits per heavy atom. The van der Waals surface area contributed by atoms with E-state index in [1.165, 1.54) is 6.20 Å². The maximum Gasteiger partial charge on any atom is 0.260 e. The highest BCUT2D eigenvalue weighted by Crippen LogP contribution is 2.43. The third-order valence-electron chi connectivity index (χ3n) is 6.02. The topological polar surface area (TPSA) is 83.0 Å². The molecule has 1 aromatic heterocycles. The molecule has 0 bridgehead atoms. The summed E-state index contributed by atoms with van der Waals surface area (Å²) in [6, 6.07) is 4.98. The van der Waals surface area contributed by atoms with Gasteiger partial charge in [-0.05, 0) is 43.2 Å². The molecular formula is C18H27N3O4S. The second-order valence-electron chi connectivity index (χ2n) is 7.91. The Kier molecular flexibility index (Phi) is 5.04. The summed E-state index contributed by atoms with van der Waals surface area (Å²) in [5.74, 6) is 0. The number of rotatable bonds is 4. The highest BCUT2D eigenvalue weighted by atomic mass is 32.2. The van der Waals surface area contributed by atoms with Crippen molar-refractivity contribution in [2.45, 2.75) is 42.9 Å². The number of aromatic nitrogens is 1. The van der Waals surface area contributed by atoms with E-state index in [2.05, 4.69) is 9.88 Å². The van der Waals surface area contributed by atoms with Gasteiger partial charge in [0.15, 0.2) is 5.03 Å². The van der Waals surface area contributed by atoms with Crippen LogP contribution in [-0.4, -0.2) is 79.3 Å². The minimum absolute atomic E-state index is 0.0964. The number of piperidine rings is 1. The van der Waals surface area contributed by atoms with Gasteiger partial charge in [0.25, 0.3) is 10.0 Å². The molecule has 0 aromatic carbocycles. The van der Waals surface area contributed by atoms with Gasteiger partial charge in [-0.1, -0.05) is 6.07 Å². The van der Waals surface area contributed by atoms with E-state index in [4.69, 9.17) is 4.74 Å². The van der Waals surface area contributed by atoms with E-state index < -0.39 is 10.0 Å². The van der Waals surface area contributed by atoms with Crippen LogP contribution in [-0.2, 0) is 14.8 Å². The number of nitrogens with zero attached hydrogens (tertiary/aromatic N) is 3. The molecule has 0 radical (unpaired) electrons. The van der Waals surface area contributed by atoms with E-state index in [1.54, 1.807) is 22.5 Å². The van der Waals surface area contributed by atoms with Crippen molar-refractivity contribution in [1.82, 2.24) is 14.2 Å². The molecule has 8 heteroatoms. The van der Waals surface area contributed by atoms with Gasteiger partial charge in [-0.15, -0.1) is 0 Å². The molecule has 144 valence electrons. The second-order valence-corrected chi connectivity index (χ2v) is 9.80. The average molecular weight is 381 g/mol. The Morgan fingerprint density at radius 3 is 2.73 bits per heavy atom. The van der Waals surface area contributed by atoms with Crippen LogP contribution in [0, 0.1) is 5.41 Å². The number of aliphatic hydroxyl groups excluding tert-OH is 1. The molecule has 4 heterocycles. The average Bonchev–Trinajstić information content (AvgIpc) is 3.23. The van der Waals surface area contributed by atoms with Gasteiger partial charge in [0, 0.05) is 38.9 Å². The lowest BCUT2D eigenvalue weighted by Gasteiger charge is -2.37. The minimum atomic E-state index is -3.50. The van der Waals surface area contributed by atoms with Gasteiger partial charge >= 0.3 is 0 Å². The first-order valence-electron chi connectivity index (χ1n) is 9.40. The lowest BCUT2D eigenvalue weighted by atomic mass is 9.77. The van der Waals surface area contributed by atoms with Crippen LogP contribution >= 0.6 is 0 Å². The Labute approximate surface area is 155 Å². The Hall–Kier alpha value is -1.06. The van der Waals surface area contributed by atoms with Gasteiger partial charge in [0.2, 0.25) is 0 Å². The first-order chi connectivity index (χ1) is 12.5. The standard InChI is InChI=1S/C18H27N3O4S/c22-15-4-8-20(12-15)13-16-11-18(14-25-16)5-9-21(10-6-18)26(23,24)17-3-1-2-7-19-17/h1-3,7,15-16,22H,4-6,8-14H2/t15-,16-/m0/s1. The van der Waals surface area contributed by atoms with E-state index >= 15 is 0 Å². The number of sulfonamides is 1. The molecule has 1 spiro atoms. The van der Waals surface area contributed by atoms with Crippen molar-refractivity contribution >= 4 is 10.0 Å². The monoisotopic (exact) mass is 381 g/mol. The normalized spacial score (nSPS) is 30.2. The zero-order valence-corrected chi connectivity index (χ0v) is 15.8. The van der Waals surface area contributed by atoms with Crippen LogP contribution in [0.25, 0.3) is 0 Å². The Morgan fingerprint density at radius 2 is 2.08 bits per heavy atom. The molecule has 3 aliphatic heterocycles. The van der Waals surface area contributed by atoms with E-state index in [0.717, 1.165) is 45.3 Å². The van der Waals surface area contributed by atoms with Gasteiger partial charge < -0.3 is 9.84 Å². The van der Waals surface area contributed by atoms with Crippen LogP contribution in [0.1, 0.15) is 25.7 Å². The lowest BCUT2D eigenvalue weighted by molar-refractivity contribution is 0.0598. The smallest absolute Gasteiger partial charge is 0.260 e. The number of aliphatic hydroxyl groups is 1. The number of hydrogen-bond acceptors (Lipinski definition) is 6. The van der Waals surface area contributed by atoms with Gasteiger partial charge in [0.05, 0.1) is 18.8 Å². The van der Waals surface area contributed by atoms with Crippen LogP contribution in [0.5, 0.6) is 0 Å². The number of β-amino-alcohol motifs (C(OH)–C–C–N with tert-alkyl or cyclic N) is 1. The summed E-state index contributed by atoms with van der Waals surface area (Å²) in [5, 5.41) is 9.79. The molecule has 0 amide bonds. The predicted octanol–water partition coefficient (Wildman–Crippen LogP) is 0.708. The van der Waals surface area contributed by atoms with Crippen LogP contribution in [0.4, 0.5) is 0 Å². The molecule has 3 aliphatic rings. The lowest BCUT2D eigenvalue weighted by Crippen LogP contribution is -2.43. The Balaban J connectivity index is 1.34. The fourth-order valence-corrected chi connectivity index (χ4v) is 5.83. The highest BCUT2D eigenvalue weighted by Gasteiger charge is 2.45. The quantitative estimate of drug-likeness (QED) is 0.827. The molecule has 2 atom stereocenters. The van der Waals surface area contributed by atoms with Gasteiger partial charge in [-0.2, -0.15) is 4.31 Å². The summed E-state index contributed by atoms with van der Waals surface area (Å²) < 4.78 is 33.0. The van der Waals surface area contributed by atoms with Crippen LogP contribution in [0.3, 0.4) is 0 Å². The first kappa shape index (κ1) is 18.3. The van der Waals surface area contributed by atoms with Crippen LogP contribution < -0.4 is 0 Å². The Bertz CT molecular complexity index is 719. The third-order valence-corrected chi connectivity index (χ3v) is 7.84. The molecule has 1 aromatic rings. The van der Waals surface area contributed by atoms with Crippen LogP contribution in [0.15, 0.2) is 29.4 Å². The molecule has 1 N–H and O–H groups in total. The van der Waals surface area contributed by atoms with Gasteiger partial charge in [0.1, 0.15) is 0 Å². The molecule has 0 aliphatic carbocycles. The number of pyridine rings is 1. The zero-order chi connectivity index (χ0) is 18.2. The van der Waals surface area contributed by atoms with E-state index in [-0.39, 0.29) is 22.6 Å². The molecule has 0 unspecified atom stereocenters. The number of likely N-dealkylation sites (tertiary alicyclic amines) is 1. The molecule has 0 saturated carbocycles. The molecule has 26 heavy (non-hydrogen) atoms. The fraction of sp³-hybridized carbons (Fsp3) is 0.722. The van der Waals surface area contributed by atoms with Crippen molar-refractivity contribution < 1.29 is 18.3 Å². The zero-order valence-electron chi connectivity index (χ0n) is 15.0. The third kappa shape index (κ3) is 3.66. The number of hydrogen-bond donors (Lipinski definition) is 1. The van der Waals surface area contributed by atoms with Crippen molar-refractivity contribution in [2.24, 2.45) is 5.41 Å². The summed E-state index contributed by atoms with van der Waals surface area (Å²) in [4.78, 5) is 6.28. The first-order valence-corrected chi connectivity index (χ1v) is 10.8. The predicted molar refractivity (Wildman–Crippen MR) is 96.1 cm³/mol. The van der Waals surface area contributed by atoms with Crippen molar-refractivity contribution in [3.05, 3.63) is 24.4 Å². The molecular weight excluding hydrogens is 354 g/mol. The van der Waals surface area contributed by atoms with Crippen molar-refractivity contribution in [3.8, 4) is 0 Å². The van der Waals surface area contributed by atoms with E-state index in [1.807, 2.05) is 0 Å². The molecule has 7 nitrogen and oxygen atoms in total. The van der Waals surface area contributed by atoms with E-state index in [0.29, 0.717) is 19.7 Å². The summed E-state index contributed by atoms with van der Waals surface area (Å²) in [6.45, 7) is 4.31. The van der Waals surface area contributed by atoms with E-state index in [9.17, 15) is 13.5 Å². The SMILES string of the molecule is O=S(=O)(c1ccccn1)N1CCC2(CC1)CO[C@H](CN1CC[C@H](O)C1)C2. The van der Waals surface area contributed by atoms with Crippen LogP contribution in [0.2, 0.25) is 0 Å². The maximum absolute atomic E-state index is 12.7. The van der Waals surface area contributed by atoms with Crippen molar-refractivity contribution in [3.63, 3.8) is 0 Å². The fourth-order valence-electron chi connectivity index (χ4n) is 4.46. The highest BCUT2D eigenvalue weighted by molar-refractivity contribution is 7.89. The maximum atomic E-state index is 12.7.